The van der Waals surface area contributed by atoms with E-state index in [4.69, 9.17) is 23.2 Å². The maximum Gasteiger partial charge on any atom is 0.194 e. The van der Waals surface area contributed by atoms with E-state index in [1.54, 1.807) is 18.2 Å². The van der Waals surface area contributed by atoms with E-state index in [0.29, 0.717) is 25.6 Å². The highest BCUT2D eigenvalue weighted by Crippen LogP contribution is 2.27. The molecule has 0 spiro atoms. The highest BCUT2D eigenvalue weighted by atomic mass is 79.9. The predicted molar refractivity (Wildman–Crippen MR) is 83.5 cm³/mol. The summed E-state index contributed by atoms with van der Waals surface area (Å²) >= 11 is 15.3. The smallest absolute Gasteiger partial charge is 0.194 e. The van der Waals surface area contributed by atoms with E-state index < -0.39 is 0 Å². The normalized spacial score (nSPS) is 10.6. The van der Waals surface area contributed by atoms with Gasteiger partial charge >= 0.3 is 0 Å². The van der Waals surface area contributed by atoms with E-state index in [0.717, 1.165) is 11.1 Å². The van der Waals surface area contributed by atoms with Gasteiger partial charge in [-0.1, -0.05) is 23.2 Å². The van der Waals surface area contributed by atoms with Gasteiger partial charge in [0.25, 0.3) is 0 Å². The molecule has 2 rings (SSSR count). The van der Waals surface area contributed by atoms with Gasteiger partial charge in [-0.15, -0.1) is 0 Å². The summed E-state index contributed by atoms with van der Waals surface area (Å²) in [6, 6.07) is 8.78. The molecule has 1 nitrogen and oxygen atoms in total. The van der Waals surface area contributed by atoms with Crippen LogP contribution in [0.5, 0.6) is 0 Å². The molecule has 2 aromatic rings. The van der Waals surface area contributed by atoms with Crippen LogP contribution in [-0.2, 0) is 0 Å². The molecule has 0 aliphatic rings. The van der Waals surface area contributed by atoms with E-state index >= 15 is 0 Å². The highest BCUT2D eigenvalue weighted by Gasteiger charge is 2.16. The second kappa shape index (κ2) is 5.66. The van der Waals surface area contributed by atoms with Crippen molar-refractivity contribution in [3.63, 3.8) is 0 Å². The lowest BCUT2D eigenvalue weighted by atomic mass is 9.97. The van der Waals surface area contributed by atoms with Crippen molar-refractivity contribution < 1.29 is 4.79 Å². The van der Waals surface area contributed by atoms with Crippen LogP contribution in [0.1, 0.15) is 27.0 Å². The van der Waals surface area contributed by atoms with Crippen molar-refractivity contribution in [2.24, 2.45) is 0 Å². The second-order valence-electron chi connectivity index (χ2n) is 4.37. The van der Waals surface area contributed by atoms with Gasteiger partial charge in [-0.3, -0.25) is 4.79 Å². The Kier molecular flexibility index (Phi) is 4.34. The molecule has 0 amide bonds. The molecule has 0 heterocycles. The van der Waals surface area contributed by atoms with Crippen molar-refractivity contribution in [1.29, 1.82) is 0 Å². The van der Waals surface area contributed by atoms with Gasteiger partial charge in [0.1, 0.15) is 0 Å². The van der Waals surface area contributed by atoms with E-state index in [-0.39, 0.29) is 5.78 Å². The molecule has 0 aliphatic carbocycles. The predicted octanol–water partition coefficient (Wildman–Crippen LogP) is 5.60. The lowest BCUT2D eigenvalue weighted by Gasteiger charge is -2.09. The Morgan fingerprint density at radius 1 is 1.00 bits per heavy atom. The number of halogens is 3. The highest BCUT2D eigenvalue weighted by molar-refractivity contribution is 9.10. The Balaban J connectivity index is 2.53. The third kappa shape index (κ3) is 3.02. The zero-order valence-electron chi connectivity index (χ0n) is 10.4. The molecule has 0 N–H and O–H groups in total. The number of hydrogen-bond donors (Lipinski definition) is 0. The molecule has 98 valence electrons. The van der Waals surface area contributed by atoms with E-state index in [9.17, 15) is 4.79 Å². The molecule has 0 saturated heterocycles. The van der Waals surface area contributed by atoms with Crippen molar-refractivity contribution in [2.75, 3.05) is 0 Å². The van der Waals surface area contributed by atoms with Gasteiger partial charge in [0.2, 0.25) is 0 Å². The van der Waals surface area contributed by atoms with Gasteiger partial charge in [0, 0.05) is 25.6 Å². The first-order valence-corrected chi connectivity index (χ1v) is 7.21. The quantitative estimate of drug-likeness (QED) is 0.639. The maximum atomic E-state index is 12.5. The van der Waals surface area contributed by atoms with Gasteiger partial charge in [-0.2, -0.15) is 0 Å². The van der Waals surface area contributed by atoms with Crippen LogP contribution in [0.3, 0.4) is 0 Å². The summed E-state index contributed by atoms with van der Waals surface area (Å²) in [6.07, 6.45) is 0. The first-order chi connectivity index (χ1) is 8.90. The fourth-order valence-corrected chi connectivity index (χ4v) is 2.93. The van der Waals surface area contributed by atoms with Crippen LogP contribution in [0.15, 0.2) is 34.8 Å². The van der Waals surface area contributed by atoms with Crippen molar-refractivity contribution in [1.82, 2.24) is 0 Å². The summed E-state index contributed by atoms with van der Waals surface area (Å²) in [5, 5.41) is 1.26. The van der Waals surface area contributed by atoms with Crippen LogP contribution in [0.2, 0.25) is 10.0 Å². The average molecular weight is 358 g/mol. The Hall–Kier alpha value is -0.830. The molecule has 0 bridgehead atoms. The zero-order chi connectivity index (χ0) is 14.2. The minimum atomic E-state index is -0.0409. The SMILES string of the molecule is Cc1cc(C(=O)c2ccc(Cl)cc2Br)c(C)cc1Cl. The number of benzene rings is 2. The van der Waals surface area contributed by atoms with Crippen molar-refractivity contribution in [2.45, 2.75) is 13.8 Å². The van der Waals surface area contributed by atoms with E-state index in [2.05, 4.69) is 15.9 Å². The monoisotopic (exact) mass is 356 g/mol. The third-order valence-corrected chi connectivity index (χ3v) is 4.22. The van der Waals surface area contributed by atoms with Crippen molar-refractivity contribution in [3.8, 4) is 0 Å². The number of ketones is 1. The summed E-state index contributed by atoms with van der Waals surface area (Å²) in [5.74, 6) is -0.0409. The molecule has 0 atom stereocenters. The summed E-state index contributed by atoms with van der Waals surface area (Å²) < 4.78 is 0.692. The summed E-state index contributed by atoms with van der Waals surface area (Å²) in [6.45, 7) is 3.76. The third-order valence-electron chi connectivity index (χ3n) is 2.93. The zero-order valence-corrected chi connectivity index (χ0v) is 13.5. The number of carbonyl (C=O) groups is 1. The number of aryl methyl sites for hydroxylation is 2. The van der Waals surface area contributed by atoms with Crippen LogP contribution in [0.25, 0.3) is 0 Å². The molecule has 2 aromatic carbocycles. The maximum absolute atomic E-state index is 12.5. The van der Waals surface area contributed by atoms with Crippen LogP contribution < -0.4 is 0 Å². The van der Waals surface area contributed by atoms with Crippen LogP contribution in [0.4, 0.5) is 0 Å². The Labute approximate surface area is 130 Å². The van der Waals surface area contributed by atoms with Gasteiger partial charge in [0.15, 0.2) is 5.78 Å². The lowest BCUT2D eigenvalue weighted by molar-refractivity contribution is 0.103. The van der Waals surface area contributed by atoms with Crippen LogP contribution in [0, 0.1) is 13.8 Å². The fraction of sp³-hybridized carbons (Fsp3) is 0.133. The van der Waals surface area contributed by atoms with Gasteiger partial charge in [-0.05, 0) is 71.2 Å². The minimum Gasteiger partial charge on any atom is -0.289 e. The average Bonchev–Trinajstić information content (AvgIpc) is 2.33. The van der Waals surface area contributed by atoms with Gasteiger partial charge < -0.3 is 0 Å². The summed E-state index contributed by atoms with van der Waals surface area (Å²) in [4.78, 5) is 12.5. The molecule has 0 unspecified atom stereocenters. The first kappa shape index (κ1) is 14.6. The number of carbonyl (C=O) groups excluding carboxylic acids is 1. The number of hydrogen-bond acceptors (Lipinski definition) is 1. The van der Waals surface area contributed by atoms with Crippen LogP contribution in [-0.4, -0.2) is 5.78 Å². The van der Waals surface area contributed by atoms with E-state index in [1.807, 2.05) is 26.0 Å². The first-order valence-electron chi connectivity index (χ1n) is 5.66. The Morgan fingerprint density at radius 2 is 1.68 bits per heavy atom. The molecular weight excluding hydrogens is 347 g/mol. The lowest BCUT2D eigenvalue weighted by Crippen LogP contribution is -2.05. The van der Waals surface area contributed by atoms with E-state index in [1.165, 1.54) is 0 Å². The molecular formula is C15H11BrCl2O. The van der Waals surface area contributed by atoms with Crippen molar-refractivity contribution in [3.05, 3.63) is 67.1 Å². The van der Waals surface area contributed by atoms with Gasteiger partial charge in [0.05, 0.1) is 0 Å². The summed E-state index contributed by atoms with van der Waals surface area (Å²) in [7, 11) is 0. The molecule has 0 aliphatic heterocycles. The van der Waals surface area contributed by atoms with Crippen molar-refractivity contribution >= 4 is 44.9 Å². The van der Waals surface area contributed by atoms with Gasteiger partial charge in [-0.25, -0.2) is 0 Å². The standard InChI is InChI=1S/C15H11BrCl2O/c1-8-6-14(18)9(2)5-12(8)15(19)11-4-3-10(17)7-13(11)16/h3-7H,1-2H3. The molecule has 0 fully saturated rings. The summed E-state index contributed by atoms with van der Waals surface area (Å²) in [5.41, 5.74) is 3.00. The molecule has 0 aromatic heterocycles. The second-order valence-corrected chi connectivity index (χ2v) is 6.07. The largest absolute Gasteiger partial charge is 0.289 e. The topological polar surface area (TPSA) is 17.1 Å². The van der Waals surface area contributed by atoms with Crippen LogP contribution >= 0.6 is 39.1 Å². The Morgan fingerprint density at radius 3 is 2.32 bits per heavy atom. The minimum absolute atomic E-state index is 0.0409. The number of rotatable bonds is 2. The Bertz CT molecular complexity index is 665. The molecule has 0 saturated carbocycles. The molecule has 4 heteroatoms. The molecule has 0 radical (unpaired) electrons. The molecule has 19 heavy (non-hydrogen) atoms. The fourth-order valence-electron chi connectivity index (χ4n) is 1.84.